The third kappa shape index (κ3) is 3.34. The fraction of sp³-hybridized carbons (Fsp3) is 0.308. The van der Waals surface area contributed by atoms with Crippen molar-refractivity contribution in [3.63, 3.8) is 0 Å². The van der Waals surface area contributed by atoms with Crippen molar-refractivity contribution in [1.82, 2.24) is 14.9 Å². The van der Waals surface area contributed by atoms with Gasteiger partial charge in [0.1, 0.15) is 5.82 Å². The number of halogens is 1. The molecule has 2 aromatic heterocycles. The van der Waals surface area contributed by atoms with Crippen LogP contribution in [0.25, 0.3) is 0 Å². The third-order valence-electron chi connectivity index (χ3n) is 2.73. The summed E-state index contributed by atoms with van der Waals surface area (Å²) >= 11 is 4.92. The molecule has 1 N–H and O–H groups in total. The van der Waals surface area contributed by atoms with Gasteiger partial charge in [-0.3, -0.25) is 4.79 Å². The van der Waals surface area contributed by atoms with Gasteiger partial charge in [0.05, 0.1) is 22.8 Å². The van der Waals surface area contributed by atoms with Gasteiger partial charge >= 0.3 is 0 Å². The smallest absolute Gasteiger partial charge is 0.257 e. The highest BCUT2D eigenvalue weighted by atomic mass is 79.9. The molecule has 0 aliphatic rings. The molecule has 0 unspecified atom stereocenters. The summed E-state index contributed by atoms with van der Waals surface area (Å²) in [5.41, 5.74) is 1.44. The van der Waals surface area contributed by atoms with Gasteiger partial charge in [-0.25, -0.2) is 9.97 Å². The monoisotopic (exact) mass is 354 g/mol. The van der Waals surface area contributed by atoms with Crippen LogP contribution in [0.4, 0.5) is 5.82 Å². The average molecular weight is 355 g/mol. The molecule has 5 nitrogen and oxygen atoms in total. The van der Waals surface area contributed by atoms with Crippen molar-refractivity contribution in [2.75, 3.05) is 19.4 Å². The Bertz CT molecular complexity index is 629. The molecule has 2 heterocycles. The molecule has 0 saturated heterocycles. The second kappa shape index (κ2) is 6.32. The molecule has 0 atom stereocenters. The number of hydrogen-bond donors (Lipinski definition) is 1. The van der Waals surface area contributed by atoms with Crippen LogP contribution >= 0.6 is 27.3 Å². The summed E-state index contributed by atoms with van der Waals surface area (Å²) in [7, 11) is 3.51. The number of thiazole rings is 1. The van der Waals surface area contributed by atoms with Crippen molar-refractivity contribution < 1.29 is 4.79 Å². The molecule has 1 amide bonds. The quantitative estimate of drug-likeness (QED) is 0.916. The van der Waals surface area contributed by atoms with E-state index in [1.807, 2.05) is 12.3 Å². The minimum absolute atomic E-state index is 0.0891. The van der Waals surface area contributed by atoms with Crippen LogP contribution in [-0.2, 0) is 6.54 Å². The lowest BCUT2D eigenvalue weighted by molar-refractivity contribution is 0.0784. The van der Waals surface area contributed by atoms with E-state index in [0.717, 1.165) is 15.2 Å². The van der Waals surface area contributed by atoms with Crippen molar-refractivity contribution in [2.45, 2.75) is 13.5 Å². The molecule has 106 valence electrons. The number of hydrogen-bond acceptors (Lipinski definition) is 5. The molecule has 0 fully saturated rings. The average Bonchev–Trinajstić information content (AvgIpc) is 2.83. The molecular weight excluding hydrogens is 340 g/mol. The van der Waals surface area contributed by atoms with E-state index in [-0.39, 0.29) is 5.91 Å². The number of amides is 1. The third-order valence-corrected chi connectivity index (χ3v) is 3.99. The highest BCUT2D eigenvalue weighted by Crippen LogP contribution is 2.20. The molecule has 0 bridgehead atoms. The Kier molecular flexibility index (Phi) is 4.72. The van der Waals surface area contributed by atoms with E-state index in [2.05, 4.69) is 31.2 Å². The van der Waals surface area contributed by atoms with Crippen molar-refractivity contribution in [3.05, 3.63) is 38.4 Å². The molecule has 0 aromatic carbocycles. The number of pyridine rings is 1. The molecule has 2 rings (SSSR count). The van der Waals surface area contributed by atoms with Gasteiger partial charge < -0.3 is 10.2 Å². The van der Waals surface area contributed by atoms with Crippen LogP contribution < -0.4 is 5.32 Å². The van der Waals surface area contributed by atoms with Gasteiger partial charge in [0.15, 0.2) is 0 Å². The van der Waals surface area contributed by atoms with E-state index in [9.17, 15) is 4.79 Å². The second-order valence-corrected chi connectivity index (χ2v) is 6.30. The lowest BCUT2D eigenvalue weighted by atomic mass is 10.2. The fourth-order valence-corrected chi connectivity index (χ4v) is 2.74. The number of anilines is 1. The van der Waals surface area contributed by atoms with Crippen LogP contribution in [-0.4, -0.2) is 34.9 Å². The molecule has 0 aliphatic carbocycles. The van der Waals surface area contributed by atoms with Crippen LogP contribution in [0.5, 0.6) is 0 Å². The Labute approximate surface area is 130 Å². The summed E-state index contributed by atoms with van der Waals surface area (Å²) < 4.78 is 0.776. The number of carbonyl (C=O) groups is 1. The van der Waals surface area contributed by atoms with Crippen molar-refractivity contribution in [2.24, 2.45) is 0 Å². The van der Waals surface area contributed by atoms with Gasteiger partial charge in [0.2, 0.25) is 0 Å². The molecule has 20 heavy (non-hydrogen) atoms. The van der Waals surface area contributed by atoms with E-state index in [1.54, 1.807) is 42.6 Å². The molecule has 0 aliphatic heterocycles. The van der Waals surface area contributed by atoms with Gasteiger partial charge in [-0.15, -0.1) is 11.3 Å². The van der Waals surface area contributed by atoms with Crippen molar-refractivity contribution in [1.29, 1.82) is 0 Å². The predicted octanol–water partition coefficient (Wildman–Crippen LogP) is 2.92. The summed E-state index contributed by atoms with van der Waals surface area (Å²) in [4.78, 5) is 22.7. The van der Waals surface area contributed by atoms with E-state index in [1.165, 1.54) is 0 Å². The first-order valence-electron chi connectivity index (χ1n) is 6.01. The first-order chi connectivity index (χ1) is 9.51. The zero-order valence-electron chi connectivity index (χ0n) is 11.5. The van der Waals surface area contributed by atoms with Crippen LogP contribution in [0.1, 0.15) is 21.1 Å². The van der Waals surface area contributed by atoms with Gasteiger partial charge in [-0.2, -0.15) is 0 Å². The van der Waals surface area contributed by atoms with Crippen LogP contribution in [0.2, 0.25) is 0 Å². The largest absolute Gasteiger partial charge is 0.372 e. The number of carbonyl (C=O) groups excluding carboxylic acids is 1. The van der Waals surface area contributed by atoms with Gasteiger partial charge in [-0.1, -0.05) is 0 Å². The standard InChI is InChI=1S/C13H15BrN4OS/c1-8-17-10(7-20-8)6-18(3)13(19)11-4-9(14)5-16-12(11)15-2/h4-5,7H,6H2,1-3H3,(H,15,16). The summed E-state index contributed by atoms with van der Waals surface area (Å²) in [6, 6.07) is 1.77. The normalized spacial score (nSPS) is 10.4. The van der Waals surface area contributed by atoms with Crippen molar-refractivity contribution >= 4 is 39.0 Å². The summed E-state index contributed by atoms with van der Waals surface area (Å²) in [5.74, 6) is 0.480. The maximum Gasteiger partial charge on any atom is 0.257 e. The molecule has 2 aromatic rings. The highest BCUT2D eigenvalue weighted by molar-refractivity contribution is 9.10. The number of aryl methyl sites for hydroxylation is 1. The molecule has 7 heteroatoms. The summed E-state index contributed by atoms with van der Waals surface area (Å²) in [6.07, 6.45) is 1.66. The van der Waals surface area contributed by atoms with E-state index >= 15 is 0 Å². The predicted molar refractivity (Wildman–Crippen MR) is 84.1 cm³/mol. The molecule has 0 saturated carbocycles. The minimum Gasteiger partial charge on any atom is -0.372 e. The molecule has 0 spiro atoms. The minimum atomic E-state index is -0.0891. The first kappa shape index (κ1) is 14.9. The van der Waals surface area contributed by atoms with E-state index in [4.69, 9.17) is 0 Å². The van der Waals surface area contributed by atoms with Gasteiger partial charge in [-0.05, 0) is 28.9 Å². The maximum absolute atomic E-state index is 12.5. The Hall–Kier alpha value is -1.47. The topological polar surface area (TPSA) is 58.1 Å². The number of nitrogens with zero attached hydrogens (tertiary/aromatic N) is 3. The Morgan fingerprint density at radius 2 is 2.30 bits per heavy atom. The highest BCUT2D eigenvalue weighted by Gasteiger charge is 2.18. The van der Waals surface area contributed by atoms with Gasteiger partial charge in [0, 0.05) is 30.1 Å². The van der Waals surface area contributed by atoms with Gasteiger partial charge in [0.25, 0.3) is 5.91 Å². The lowest BCUT2D eigenvalue weighted by Gasteiger charge is -2.17. The Morgan fingerprint density at radius 1 is 1.55 bits per heavy atom. The van der Waals surface area contributed by atoms with Crippen molar-refractivity contribution in [3.8, 4) is 0 Å². The first-order valence-corrected chi connectivity index (χ1v) is 7.68. The van der Waals surface area contributed by atoms with Crippen LogP contribution in [0.15, 0.2) is 22.1 Å². The SMILES string of the molecule is CNc1ncc(Br)cc1C(=O)N(C)Cc1csc(C)n1. The van der Waals surface area contributed by atoms with Crippen LogP contribution in [0, 0.1) is 6.92 Å². The number of nitrogens with one attached hydrogen (secondary N) is 1. The maximum atomic E-state index is 12.5. The van der Waals surface area contributed by atoms with E-state index < -0.39 is 0 Å². The Balaban J connectivity index is 2.20. The zero-order chi connectivity index (χ0) is 14.7. The summed E-state index contributed by atoms with van der Waals surface area (Å²) in [5, 5.41) is 5.90. The number of rotatable bonds is 4. The second-order valence-electron chi connectivity index (χ2n) is 4.32. The fourth-order valence-electron chi connectivity index (χ4n) is 1.80. The summed E-state index contributed by atoms with van der Waals surface area (Å²) in [6.45, 7) is 2.44. The Morgan fingerprint density at radius 3 is 2.90 bits per heavy atom. The lowest BCUT2D eigenvalue weighted by Crippen LogP contribution is -2.27. The van der Waals surface area contributed by atoms with E-state index in [0.29, 0.717) is 17.9 Å². The zero-order valence-corrected chi connectivity index (χ0v) is 13.9. The number of aromatic nitrogens is 2. The van der Waals surface area contributed by atoms with Crippen LogP contribution in [0.3, 0.4) is 0 Å². The molecule has 0 radical (unpaired) electrons. The molecular formula is C13H15BrN4OS.